The Morgan fingerprint density at radius 3 is 2.29 bits per heavy atom. The van der Waals surface area contributed by atoms with E-state index in [9.17, 15) is 9.00 Å². The highest BCUT2D eigenvalue weighted by atomic mass is 32.2. The molecular weight excluding hydrogens is 118 g/mol. The molecule has 0 rings (SSSR count). The third kappa shape index (κ3) is 5.58. The minimum Gasteiger partial charge on any atom is -0.369 e. The van der Waals surface area contributed by atoms with Gasteiger partial charge in [0.05, 0.1) is 0 Å². The lowest BCUT2D eigenvalue weighted by Gasteiger charge is -1.82. The summed E-state index contributed by atoms with van der Waals surface area (Å²) in [6.45, 7) is 0. The van der Waals surface area contributed by atoms with Crippen LogP contribution in [0.2, 0.25) is 0 Å². The van der Waals surface area contributed by atoms with Gasteiger partial charge in [0.1, 0.15) is 5.75 Å². The normalized spacial score (nSPS) is 13.3. The Bertz CT molecular complexity index is 89.1. The number of amides is 1. The molecule has 42 valence electrons. The van der Waals surface area contributed by atoms with Crippen molar-refractivity contribution in [2.45, 2.75) is 0 Å². The van der Waals surface area contributed by atoms with E-state index in [0.717, 1.165) is 0 Å². The zero-order valence-corrected chi connectivity index (χ0v) is 4.27. The van der Waals surface area contributed by atoms with Crippen LogP contribution in [0.4, 0.5) is 0 Å². The maximum Gasteiger partial charge on any atom is 0.232 e. The predicted octanol–water partition coefficient (Wildman–Crippen LogP) is -1.31. The van der Waals surface area contributed by atoms with E-state index in [-0.39, 0.29) is 0 Å². The van der Waals surface area contributed by atoms with E-state index in [1.807, 2.05) is 0 Å². The van der Waals surface area contributed by atoms with Gasteiger partial charge < -0.3 is 10.3 Å². The Labute approximate surface area is 43.0 Å². The first-order valence-corrected chi connectivity index (χ1v) is 2.76. The topological polar surface area (TPSA) is 80.4 Å². The largest absolute Gasteiger partial charge is 0.369 e. The van der Waals surface area contributed by atoms with Crippen LogP contribution in [0.5, 0.6) is 0 Å². The number of primary amides is 1. The minimum atomic E-state index is -2.07. The standard InChI is InChI=1S/C2H5NO3S/c3-2(4)1-7(5)6/h1H2,(H2,3,4)(H,5,6). The first-order valence-electron chi connectivity index (χ1n) is 1.48. The second kappa shape index (κ2) is 2.70. The lowest BCUT2D eigenvalue weighted by atomic mass is 10.8. The zero-order valence-electron chi connectivity index (χ0n) is 3.46. The maximum atomic E-state index is 9.68. The average molecular weight is 123 g/mol. The van der Waals surface area contributed by atoms with Crippen molar-refractivity contribution in [1.82, 2.24) is 0 Å². The molecule has 0 saturated heterocycles. The molecule has 0 aliphatic rings. The molecule has 0 aromatic carbocycles. The predicted molar refractivity (Wildman–Crippen MR) is 24.8 cm³/mol. The van der Waals surface area contributed by atoms with Gasteiger partial charge in [-0.25, -0.2) is 4.21 Å². The lowest BCUT2D eigenvalue weighted by molar-refractivity contribution is -0.115. The number of rotatable bonds is 2. The lowest BCUT2D eigenvalue weighted by Crippen LogP contribution is -2.18. The molecule has 3 N–H and O–H groups in total. The van der Waals surface area contributed by atoms with Crippen LogP contribution in [0.15, 0.2) is 0 Å². The van der Waals surface area contributed by atoms with Crippen molar-refractivity contribution in [3.8, 4) is 0 Å². The molecule has 1 atom stereocenters. The van der Waals surface area contributed by atoms with Crippen molar-refractivity contribution in [2.75, 3.05) is 5.75 Å². The fourth-order valence-electron chi connectivity index (χ4n) is 0.122. The smallest absolute Gasteiger partial charge is 0.232 e. The summed E-state index contributed by atoms with van der Waals surface area (Å²) in [6, 6.07) is 0. The van der Waals surface area contributed by atoms with Crippen LogP contribution in [0.25, 0.3) is 0 Å². The summed E-state index contributed by atoms with van der Waals surface area (Å²) in [5.41, 5.74) is 4.50. The summed E-state index contributed by atoms with van der Waals surface area (Å²) < 4.78 is 17.5. The number of carbonyl (C=O) groups excluding carboxylic acids is 1. The maximum absolute atomic E-state index is 9.68. The van der Waals surface area contributed by atoms with E-state index in [4.69, 9.17) is 4.55 Å². The molecule has 0 aliphatic heterocycles. The zero-order chi connectivity index (χ0) is 5.86. The summed E-state index contributed by atoms with van der Waals surface area (Å²) in [7, 11) is 0. The molecule has 0 spiro atoms. The van der Waals surface area contributed by atoms with Gasteiger partial charge >= 0.3 is 0 Å². The molecule has 0 saturated carbocycles. The number of nitrogens with two attached hydrogens (primary N) is 1. The van der Waals surface area contributed by atoms with E-state index in [1.165, 1.54) is 0 Å². The molecule has 7 heavy (non-hydrogen) atoms. The van der Waals surface area contributed by atoms with E-state index >= 15 is 0 Å². The number of hydrogen-bond acceptors (Lipinski definition) is 2. The first kappa shape index (κ1) is 6.58. The fraction of sp³-hybridized carbons (Fsp3) is 0.500. The van der Waals surface area contributed by atoms with Gasteiger partial charge in [-0.3, -0.25) is 4.79 Å². The highest BCUT2D eigenvalue weighted by Crippen LogP contribution is 1.67. The molecule has 0 fully saturated rings. The van der Waals surface area contributed by atoms with Crippen LogP contribution in [0, 0.1) is 0 Å². The van der Waals surface area contributed by atoms with Crippen LogP contribution in [0.1, 0.15) is 0 Å². The van der Waals surface area contributed by atoms with Crippen molar-refractivity contribution in [3.05, 3.63) is 0 Å². The van der Waals surface area contributed by atoms with Crippen molar-refractivity contribution in [3.63, 3.8) is 0 Å². The van der Waals surface area contributed by atoms with E-state index in [2.05, 4.69) is 5.73 Å². The molecule has 4 nitrogen and oxygen atoms in total. The van der Waals surface area contributed by atoms with E-state index in [1.54, 1.807) is 0 Å². The molecule has 0 bridgehead atoms. The summed E-state index contributed by atoms with van der Waals surface area (Å²) in [5.74, 6) is -1.24. The fourth-order valence-corrected chi connectivity index (χ4v) is 0.365. The molecule has 5 heteroatoms. The van der Waals surface area contributed by atoms with Gasteiger partial charge in [0.15, 0.2) is 11.1 Å². The molecule has 0 heterocycles. The monoisotopic (exact) mass is 123 g/mol. The van der Waals surface area contributed by atoms with Crippen molar-refractivity contribution in [2.24, 2.45) is 5.73 Å². The first-order chi connectivity index (χ1) is 3.13. The second-order valence-electron chi connectivity index (χ2n) is 0.932. The van der Waals surface area contributed by atoms with Gasteiger partial charge in [-0.1, -0.05) is 0 Å². The van der Waals surface area contributed by atoms with Gasteiger partial charge in [0, 0.05) is 0 Å². The molecular formula is C2H5NO3S. The van der Waals surface area contributed by atoms with Gasteiger partial charge in [0.25, 0.3) is 0 Å². The van der Waals surface area contributed by atoms with Crippen LogP contribution < -0.4 is 5.73 Å². The van der Waals surface area contributed by atoms with E-state index in [0.29, 0.717) is 0 Å². The highest BCUT2D eigenvalue weighted by molar-refractivity contribution is 7.80. The SMILES string of the molecule is NC(=O)CS(=O)O. The Kier molecular flexibility index (Phi) is 2.54. The molecule has 0 aromatic rings. The number of carbonyl (C=O) groups is 1. The summed E-state index contributed by atoms with van der Waals surface area (Å²) in [4.78, 5) is 9.68. The molecule has 0 aliphatic carbocycles. The van der Waals surface area contributed by atoms with Crippen LogP contribution in [-0.4, -0.2) is 20.4 Å². The molecule has 0 radical (unpaired) electrons. The van der Waals surface area contributed by atoms with Crippen LogP contribution in [-0.2, 0) is 15.9 Å². The quantitative estimate of drug-likeness (QED) is 0.447. The van der Waals surface area contributed by atoms with Gasteiger partial charge in [0.2, 0.25) is 5.91 Å². The summed E-state index contributed by atoms with van der Waals surface area (Å²) in [5, 5.41) is 0. The van der Waals surface area contributed by atoms with Gasteiger partial charge in [-0.2, -0.15) is 0 Å². The molecule has 1 amide bonds. The van der Waals surface area contributed by atoms with Crippen LogP contribution in [0.3, 0.4) is 0 Å². The third-order valence-electron chi connectivity index (χ3n) is 0.266. The van der Waals surface area contributed by atoms with Crippen molar-refractivity contribution >= 4 is 17.0 Å². The third-order valence-corrected chi connectivity index (χ3v) is 0.797. The Morgan fingerprint density at radius 2 is 2.29 bits per heavy atom. The summed E-state index contributed by atoms with van der Waals surface area (Å²) >= 11 is -2.07. The summed E-state index contributed by atoms with van der Waals surface area (Å²) in [6.07, 6.45) is 0. The minimum absolute atomic E-state index is 0.472. The van der Waals surface area contributed by atoms with E-state index < -0.39 is 22.7 Å². The second-order valence-corrected chi connectivity index (χ2v) is 1.86. The Hall–Kier alpha value is -0.420. The number of hydrogen-bond donors (Lipinski definition) is 2. The molecule has 0 aromatic heterocycles. The van der Waals surface area contributed by atoms with Crippen molar-refractivity contribution < 1.29 is 13.6 Å². The van der Waals surface area contributed by atoms with Crippen LogP contribution >= 0.6 is 0 Å². The Balaban J connectivity index is 3.32. The Morgan fingerprint density at radius 1 is 1.86 bits per heavy atom. The highest BCUT2D eigenvalue weighted by Gasteiger charge is 1.96. The average Bonchev–Trinajstić information content (AvgIpc) is 1.27. The van der Waals surface area contributed by atoms with Crippen molar-refractivity contribution in [1.29, 1.82) is 0 Å². The molecule has 1 unspecified atom stereocenters. The van der Waals surface area contributed by atoms with Gasteiger partial charge in [-0.05, 0) is 0 Å². The van der Waals surface area contributed by atoms with Gasteiger partial charge in [-0.15, -0.1) is 0 Å².